The topological polar surface area (TPSA) is 156 Å². The van der Waals surface area contributed by atoms with Gasteiger partial charge in [-0.25, -0.2) is 13.8 Å². The van der Waals surface area contributed by atoms with Gasteiger partial charge in [0.05, 0.1) is 24.6 Å². The van der Waals surface area contributed by atoms with Crippen molar-refractivity contribution in [2.24, 2.45) is 29.6 Å². The SMILES string of the molecule is C=O.CC(C)C.CN1CC(C(=O)Nc2ncccc2O)CC1C#N.O=C(NCC(=O)N1CC2CCCCC2C1)C1CCC1(F)F. The number of hydrogen-bond acceptors (Lipinski definition) is 8. The standard InChI is InChI=1S/C15H22F2N2O2.C12H14N4O2.C4H10.CH2O/c16-15(17)6-5-12(15)14(21)18-7-13(20)19-8-10-3-1-2-4-11(10)9-19;1-16-7-8(5-9(16)6-13)12(18)15-11-10(17)3-2-4-14-11;1-4(2)3;1-2/h10-12H,1-9H2,(H,18,21);2-4,8-9,17H,5,7H2,1H3,(H,14,15,18);4H,1-3H3;1H2. The number of nitrogens with zero attached hydrogens (tertiary/aromatic N) is 4. The molecule has 0 spiro atoms. The van der Waals surface area contributed by atoms with Gasteiger partial charge in [0.25, 0.3) is 5.92 Å². The molecule has 0 aromatic carbocycles. The minimum absolute atomic E-state index is 0.0611. The van der Waals surface area contributed by atoms with Crippen molar-refractivity contribution in [1.82, 2.24) is 20.1 Å². The molecule has 3 N–H and O–H groups in total. The summed E-state index contributed by atoms with van der Waals surface area (Å²) in [5.41, 5.74) is 0. The zero-order valence-electron chi connectivity index (χ0n) is 26.8. The Bertz CT molecular complexity index is 1160. The van der Waals surface area contributed by atoms with Crippen molar-refractivity contribution in [3.05, 3.63) is 18.3 Å². The zero-order chi connectivity index (χ0) is 33.7. The van der Waals surface area contributed by atoms with Crippen LogP contribution in [-0.2, 0) is 19.2 Å². The van der Waals surface area contributed by atoms with Crippen LogP contribution in [0.1, 0.15) is 65.7 Å². The Hall–Kier alpha value is -3.66. The summed E-state index contributed by atoms with van der Waals surface area (Å²) in [7, 11) is 1.82. The maximum atomic E-state index is 13.1. The number of hydrogen-bond donors (Lipinski definition) is 3. The molecule has 1 aromatic heterocycles. The molecular formula is C32H48F2N6O5. The number of likely N-dealkylation sites (tertiary alicyclic amines) is 2. The lowest BCUT2D eigenvalue weighted by Crippen LogP contribution is -2.50. The van der Waals surface area contributed by atoms with E-state index in [1.807, 2.05) is 18.7 Å². The van der Waals surface area contributed by atoms with Crippen LogP contribution < -0.4 is 10.6 Å². The van der Waals surface area contributed by atoms with E-state index in [9.17, 15) is 28.3 Å². The molecule has 13 heteroatoms. The van der Waals surface area contributed by atoms with Gasteiger partial charge in [0.2, 0.25) is 17.7 Å². The van der Waals surface area contributed by atoms with E-state index in [1.165, 1.54) is 37.9 Å². The van der Waals surface area contributed by atoms with Crippen molar-refractivity contribution in [3.8, 4) is 11.8 Å². The van der Waals surface area contributed by atoms with Crippen molar-refractivity contribution in [2.45, 2.75) is 77.7 Å². The molecule has 2 saturated carbocycles. The lowest BCUT2D eigenvalue weighted by Gasteiger charge is -2.34. The second-order valence-corrected chi connectivity index (χ2v) is 12.8. The number of carbonyl (C=O) groups excluding carboxylic acids is 4. The van der Waals surface area contributed by atoms with Crippen molar-refractivity contribution in [2.75, 3.05) is 38.5 Å². The lowest BCUT2D eigenvalue weighted by molar-refractivity contribution is -0.163. The fraction of sp³-hybridized carbons (Fsp3) is 0.688. The highest BCUT2D eigenvalue weighted by Crippen LogP contribution is 2.43. The van der Waals surface area contributed by atoms with Gasteiger partial charge in [-0.15, -0.1) is 0 Å². The van der Waals surface area contributed by atoms with E-state index in [2.05, 4.69) is 42.5 Å². The summed E-state index contributed by atoms with van der Waals surface area (Å²) in [4.78, 5) is 51.3. The minimum Gasteiger partial charge on any atom is -0.504 e. The Balaban J connectivity index is 0.000000270. The fourth-order valence-electron chi connectivity index (χ4n) is 5.89. The van der Waals surface area contributed by atoms with Gasteiger partial charge < -0.3 is 25.4 Å². The molecule has 4 aliphatic rings. The van der Waals surface area contributed by atoms with E-state index in [4.69, 9.17) is 10.1 Å². The van der Waals surface area contributed by atoms with Gasteiger partial charge >= 0.3 is 0 Å². The third-order valence-electron chi connectivity index (χ3n) is 8.43. The number of pyridine rings is 1. The van der Waals surface area contributed by atoms with Gasteiger partial charge in [0.1, 0.15) is 12.7 Å². The van der Waals surface area contributed by atoms with E-state index in [0.717, 1.165) is 19.0 Å². The number of aromatic nitrogens is 1. The van der Waals surface area contributed by atoms with Crippen molar-refractivity contribution in [3.63, 3.8) is 0 Å². The third-order valence-corrected chi connectivity index (χ3v) is 8.43. The number of carbonyl (C=O) groups is 4. The second kappa shape index (κ2) is 17.7. The monoisotopic (exact) mass is 634 g/mol. The van der Waals surface area contributed by atoms with Crippen LogP contribution in [0.25, 0.3) is 0 Å². The molecule has 0 radical (unpaired) electrons. The number of rotatable bonds is 5. The van der Waals surface area contributed by atoms with E-state index in [-0.39, 0.29) is 54.7 Å². The lowest BCUT2D eigenvalue weighted by atomic mass is 9.80. The molecule has 3 heterocycles. The van der Waals surface area contributed by atoms with E-state index >= 15 is 0 Å². The van der Waals surface area contributed by atoms with Crippen LogP contribution in [0, 0.1) is 40.9 Å². The predicted molar refractivity (Wildman–Crippen MR) is 165 cm³/mol. The summed E-state index contributed by atoms with van der Waals surface area (Å²) in [5.74, 6) is -3.31. The van der Waals surface area contributed by atoms with Crippen molar-refractivity contribution < 1.29 is 33.1 Å². The fourth-order valence-corrected chi connectivity index (χ4v) is 5.89. The van der Waals surface area contributed by atoms with Crippen LogP contribution in [-0.4, -0.2) is 89.6 Å². The van der Waals surface area contributed by atoms with E-state index in [1.54, 1.807) is 11.0 Å². The van der Waals surface area contributed by atoms with Gasteiger partial charge in [0, 0.05) is 32.3 Å². The number of fused-ring (bicyclic) bond motifs is 1. The Morgan fingerprint density at radius 2 is 1.71 bits per heavy atom. The Kier molecular flexibility index (Phi) is 14.8. The Morgan fingerprint density at radius 3 is 2.18 bits per heavy atom. The molecule has 5 rings (SSSR count). The summed E-state index contributed by atoms with van der Waals surface area (Å²) >= 11 is 0. The summed E-state index contributed by atoms with van der Waals surface area (Å²) in [6, 6.07) is 4.97. The average molecular weight is 635 g/mol. The van der Waals surface area contributed by atoms with Gasteiger partial charge in [-0.3, -0.25) is 19.3 Å². The number of halogens is 2. The molecule has 4 fully saturated rings. The minimum atomic E-state index is -2.89. The number of nitrogens with one attached hydrogen (secondary N) is 2. The quantitative estimate of drug-likeness (QED) is 0.441. The third kappa shape index (κ3) is 11.0. The molecule has 45 heavy (non-hydrogen) atoms. The average Bonchev–Trinajstić information content (AvgIpc) is 3.61. The molecule has 5 atom stereocenters. The van der Waals surface area contributed by atoms with Crippen LogP contribution >= 0.6 is 0 Å². The summed E-state index contributed by atoms with van der Waals surface area (Å²) < 4.78 is 26.2. The Labute approximate surface area is 264 Å². The molecule has 1 aromatic rings. The Morgan fingerprint density at radius 1 is 1.11 bits per heavy atom. The maximum absolute atomic E-state index is 13.1. The zero-order valence-corrected chi connectivity index (χ0v) is 26.8. The van der Waals surface area contributed by atoms with Gasteiger partial charge in [0.15, 0.2) is 11.6 Å². The molecule has 0 bridgehead atoms. The van der Waals surface area contributed by atoms with Crippen LogP contribution in [0.4, 0.5) is 14.6 Å². The van der Waals surface area contributed by atoms with Crippen LogP contribution in [0.15, 0.2) is 18.3 Å². The number of amides is 3. The molecule has 3 amide bonds. The molecule has 5 unspecified atom stereocenters. The number of nitriles is 1. The highest BCUT2D eigenvalue weighted by molar-refractivity contribution is 5.93. The second-order valence-electron chi connectivity index (χ2n) is 12.8. The first-order valence-electron chi connectivity index (χ1n) is 15.6. The summed E-state index contributed by atoms with van der Waals surface area (Å²) in [6.45, 7) is 10.4. The molecule has 11 nitrogen and oxygen atoms in total. The van der Waals surface area contributed by atoms with Crippen LogP contribution in [0.2, 0.25) is 0 Å². The largest absolute Gasteiger partial charge is 0.504 e. The van der Waals surface area contributed by atoms with Gasteiger partial charge in [-0.1, -0.05) is 33.6 Å². The number of aromatic hydroxyl groups is 1. The number of anilines is 1. The highest BCUT2D eigenvalue weighted by atomic mass is 19.3. The predicted octanol–water partition coefficient (Wildman–Crippen LogP) is 3.84. The summed E-state index contributed by atoms with van der Waals surface area (Å²) in [5, 5.41) is 23.4. The molecular weight excluding hydrogens is 586 g/mol. The maximum Gasteiger partial charge on any atom is 0.259 e. The molecule has 2 aliphatic heterocycles. The normalized spacial score (nSPS) is 26.2. The highest BCUT2D eigenvalue weighted by Gasteiger charge is 2.52. The first-order valence-corrected chi connectivity index (χ1v) is 15.6. The molecule has 250 valence electrons. The first-order chi connectivity index (χ1) is 21.3. The van der Waals surface area contributed by atoms with Crippen molar-refractivity contribution >= 4 is 30.3 Å². The van der Waals surface area contributed by atoms with Crippen LogP contribution in [0.3, 0.4) is 0 Å². The number of alkyl halides is 2. The molecule has 2 aliphatic carbocycles. The smallest absolute Gasteiger partial charge is 0.259 e. The first kappa shape index (κ1) is 37.5. The summed E-state index contributed by atoms with van der Waals surface area (Å²) in [6.07, 6.45) is 6.80. The van der Waals surface area contributed by atoms with Gasteiger partial charge in [-0.2, -0.15) is 5.26 Å². The molecule has 2 saturated heterocycles. The van der Waals surface area contributed by atoms with Gasteiger partial charge in [-0.05, 0) is 62.6 Å². The van der Waals surface area contributed by atoms with Crippen molar-refractivity contribution in [1.29, 1.82) is 5.26 Å². The van der Waals surface area contributed by atoms with E-state index < -0.39 is 17.7 Å². The van der Waals surface area contributed by atoms with E-state index in [0.29, 0.717) is 24.8 Å². The van der Waals surface area contributed by atoms with Crippen LogP contribution in [0.5, 0.6) is 5.75 Å².